The van der Waals surface area contributed by atoms with Crippen LogP contribution < -0.4 is 5.32 Å². The number of nitrogens with one attached hydrogen (secondary N) is 1. The van der Waals surface area contributed by atoms with Crippen molar-refractivity contribution in [3.63, 3.8) is 0 Å². The van der Waals surface area contributed by atoms with Crippen LogP contribution in [0.5, 0.6) is 0 Å². The molecule has 0 spiro atoms. The molecule has 6 heteroatoms. The van der Waals surface area contributed by atoms with Crippen LogP contribution in [0.2, 0.25) is 0 Å². The number of carbonyl (C=O) groups is 1. The highest BCUT2D eigenvalue weighted by molar-refractivity contribution is 7.85. The number of rotatable bonds is 2. The van der Waals surface area contributed by atoms with Gasteiger partial charge in [-0.05, 0) is 43.0 Å². The van der Waals surface area contributed by atoms with E-state index in [0.717, 1.165) is 11.1 Å². The lowest BCUT2D eigenvalue weighted by Crippen LogP contribution is -2.21. The second kappa shape index (κ2) is 4.37. The molecule has 2 N–H and O–H groups in total. The quantitative estimate of drug-likeness (QED) is 0.797. The van der Waals surface area contributed by atoms with E-state index in [0.29, 0.717) is 18.4 Å². The largest absolute Gasteiger partial charge is 0.349 e. The maximum Gasteiger partial charge on any atom is 0.294 e. The third-order valence-electron chi connectivity index (χ3n) is 3.37. The summed E-state index contributed by atoms with van der Waals surface area (Å²) >= 11 is 0. The Labute approximate surface area is 106 Å². The molecule has 0 aromatic heterocycles. The average Bonchev–Trinajstić information content (AvgIpc) is 2.66. The van der Waals surface area contributed by atoms with Crippen molar-refractivity contribution in [3.05, 3.63) is 28.8 Å². The molecule has 98 valence electrons. The molecule has 1 aliphatic heterocycles. The van der Waals surface area contributed by atoms with Gasteiger partial charge in [-0.1, -0.05) is 6.07 Å². The van der Waals surface area contributed by atoms with Crippen LogP contribution in [0.25, 0.3) is 0 Å². The number of benzene rings is 1. The Bertz CT molecular complexity index is 607. The second-order valence-electron chi connectivity index (χ2n) is 4.55. The highest BCUT2D eigenvalue weighted by Gasteiger charge is 2.29. The van der Waals surface area contributed by atoms with Crippen LogP contribution in [-0.2, 0) is 14.9 Å². The van der Waals surface area contributed by atoms with E-state index in [4.69, 9.17) is 0 Å². The van der Waals surface area contributed by atoms with E-state index in [-0.39, 0.29) is 16.8 Å². The molecule has 1 aromatic rings. The summed E-state index contributed by atoms with van der Waals surface area (Å²) < 4.78 is 32.1. The van der Waals surface area contributed by atoms with Crippen LogP contribution in [0, 0.1) is 13.8 Å². The molecule has 5 nitrogen and oxygen atoms in total. The first-order valence-electron chi connectivity index (χ1n) is 5.67. The summed E-state index contributed by atoms with van der Waals surface area (Å²) in [6.45, 7) is 3.66. The molecule has 1 saturated heterocycles. The van der Waals surface area contributed by atoms with Crippen LogP contribution in [0.4, 0.5) is 0 Å². The predicted octanol–water partition coefficient (Wildman–Crippen LogP) is 1.50. The van der Waals surface area contributed by atoms with Crippen molar-refractivity contribution in [3.8, 4) is 0 Å². The van der Waals surface area contributed by atoms with Gasteiger partial charge < -0.3 is 5.32 Å². The zero-order chi connectivity index (χ0) is 13.5. The zero-order valence-electron chi connectivity index (χ0n) is 10.2. The Kier molecular flexibility index (Phi) is 3.16. The smallest absolute Gasteiger partial charge is 0.294 e. The molecule has 0 radical (unpaired) electrons. The first kappa shape index (κ1) is 13.0. The molecule has 0 aliphatic carbocycles. The molecule has 2 rings (SSSR count). The maximum atomic E-state index is 11.4. The van der Waals surface area contributed by atoms with Gasteiger partial charge in [0.05, 0.1) is 10.9 Å². The van der Waals surface area contributed by atoms with Gasteiger partial charge in [-0.3, -0.25) is 9.35 Å². The van der Waals surface area contributed by atoms with Gasteiger partial charge in [0.1, 0.15) is 0 Å². The van der Waals surface area contributed by atoms with E-state index < -0.39 is 10.1 Å². The van der Waals surface area contributed by atoms with Crippen molar-refractivity contribution in [1.29, 1.82) is 0 Å². The van der Waals surface area contributed by atoms with E-state index in [1.54, 1.807) is 13.0 Å². The summed E-state index contributed by atoms with van der Waals surface area (Å²) in [5.74, 6) is -0.0952. The molecule has 0 saturated carbocycles. The number of aryl methyl sites for hydroxylation is 1. The summed E-state index contributed by atoms with van der Waals surface area (Å²) in [4.78, 5) is 11.1. The SMILES string of the molecule is Cc1ccc(S(=O)(=O)O)c([C@@H]2CCC(=O)N2)c1C. The van der Waals surface area contributed by atoms with Crippen molar-refractivity contribution >= 4 is 16.0 Å². The molecule has 1 heterocycles. The predicted molar refractivity (Wildman–Crippen MR) is 65.8 cm³/mol. The standard InChI is InChI=1S/C12H15NO4S/c1-7-3-5-10(18(15,16)17)12(8(7)2)9-4-6-11(14)13-9/h3,5,9H,4,6H2,1-2H3,(H,13,14)(H,15,16,17)/t9-/m0/s1. The van der Waals surface area contributed by atoms with Crippen molar-refractivity contribution < 1.29 is 17.8 Å². The van der Waals surface area contributed by atoms with E-state index in [1.165, 1.54) is 6.07 Å². The average molecular weight is 269 g/mol. The summed E-state index contributed by atoms with van der Waals surface area (Å²) in [6, 6.07) is 2.70. The van der Waals surface area contributed by atoms with Crippen molar-refractivity contribution in [2.24, 2.45) is 0 Å². The van der Waals surface area contributed by atoms with Crippen molar-refractivity contribution in [2.75, 3.05) is 0 Å². The first-order valence-corrected chi connectivity index (χ1v) is 7.11. The lowest BCUT2D eigenvalue weighted by atomic mass is 9.96. The Balaban J connectivity index is 2.63. The van der Waals surface area contributed by atoms with Crippen LogP contribution in [0.1, 0.15) is 35.6 Å². The molecule has 1 aliphatic rings. The number of hydrogen-bond acceptors (Lipinski definition) is 3. The van der Waals surface area contributed by atoms with Gasteiger partial charge in [-0.15, -0.1) is 0 Å². The third-order valence-corrected chi connectivity index (χ3v) is 4.28. The summed E-state index contributed by atoms with van der Waals surface area (Å²) in [7, 11) is -4.28. The Morgan fingerprint density at radius 2 is 2.00 bits per heavy atom. The summed E-state index contributed by atoms with van der Waals surface area (Å²) in [5.41, 5.74) is 2.22. The van der Waals surface area contributed by atoms with E-state index in [9.17, 15) is 17.8 Å². The summed E-state index contributed by atoms with van der Waals surface area (Å²) in [5, 5.41) is 2.74. The minimum atomic E-state index is -4.28. The second-order valence-corrected chi connectivity index (χ2v) is 5.94. The van der Waals surface area contributed by atoms with Gasteiger partial charge in [0.15, 0.2) is 0 Å². The van der Waals surface area contributed by atoms with Crippen molar-refractivity contribution in [2.45, 2.75) is 37.6 Å². The Morgan fingerprint density at radius 3 is 2.50 bits per heavy atom. The van der Waals surface area contributed by atoms with Crippen LogP contribution in [-0.4, -0.2) is 18.9 Å². The lowest BCUT2D eigenvalue weighted by Gasteiger charge is -2.18. The fourth-order valence-corrected chi connectivity index (χ4v) is 3.11. The fraction of sp³-hybridized carbons (Fsp3) is 0.417. The summed E-state index contributed by atoms with van der Waals surface area (Å²) in [6.07, 6.45) is 0.925. The minimum absolute atomic E-state index is 0.0952. The normalized spacial score (nSPS) is 19.9. The van der Waals surface area contributed by atoms with E-state index in [2.05, 4.69) is 5.32 Å². The van der Waals surface area contributed by atoms with Crippen LogP contribution in [0.3, 0.4) is 0 Å². The molecular formula is C12H15NO4S. The van der Waals surface area contributed by atoms with E-state index >= 15 is 0 Å². The molecular weight excluding hydrogens is 254 g/mol. The number of carbonyl (C=O) groups excluding carboxylic acids is 1. The third kappa shape index (κ3) is 2.26. The first-order chi connectivity index (χ1) is 8.30. The van der Waals surface area contributed by atoms with Crippen LogP contribution >= 0.6 is 0 Å². The van der Waals surface area contributed by atoms with Gasteiger partial charge in [0, 0.05) is 6.42 Å². The molecule has 1 atom stereocenters. The highest BCUT2D eigenvalue weighted by Crippen LogP contribution is 2.33. The van der Waals surface area contributed by atoms with E-state index in [1.807, 2.05) is 6.92 Å². The Hall–Kier alpha value is -1.40. The molecule has 1 amide bonds. The zero-order valence-corrected chi connectivity index (χ0v) is 11.0. The number of hydrogen-bond donors (Lipinski definition) is 2. The van der Waals surface area contributed by atoms with Gasteiger partial charge in [0.2, 0.25) is 5.91 Å². The minimum Gasteiger partial charge on any atom is -0.349 e. The van der Waals surface area contributed by atoms with Gasteiger partial charge in [-0.2, -0.15) is 8.42 Å². The monoisotopic (exact) mass is 269 g/mol. The molecule has 1 fully saturated rings. The van der Waals surface area contributed by atoms with Crippen LogP contribution in [0.15, 0.2) is 17.0 Å². The van der Waals surface area contributed by atoms with Crippen molar-refractivity contribution in [1.82, 2.24) is 5.32 Å². The van der Waals surface area contributed by atoms with Gasteiger partial charge >= 0.3 is 0 Å². The lowest BCUT2D eigenvalue weighted by molar-refractivity contribution is -0.119. The highest BCUT2D eigenvalue weighted by atomic mass is 32.2. The fourth-order valence-electron chi connectivity index (χ4n) is 2.30. The topological polar surface area (TPSA) is 83.5 Å². The number of amides is 1. The molecule has 0 bridgehead atoms. The maximum absolute atomic E-state index is 11.4. The molecule has 18 heavy (non-hydrogen) atoms. The molecule has 0 unspecified atom stereocenters. The Morgan fingerprint density at radius 1 is 1.33 bits per heavy atom. The van der Waals surface area contributed by atoms with Gasteiger partial charge in [0.25, 0.3) is 10.1 Å². The van der Waals surface area contributed by atoms with Gasteiger partial charge in [-0.25, -0.2) is 0 Å². The molecule has 1 aromatic carbocycles.